The molecule has 2 rings (SSSR count). The van der Waals surface area contributed by atoms with Gasteiger partial charge in [-0.2, -0.15) is 0 Å². The number of hydrogen-bond donors (Lipinski definition) is 2. The molecule has 0 aromatic heterocycles. The molecule has 0 aliphatic rings. The van der Waals surface area contributed by atoms with E-state index in [1.807, 2.05) is 6.92 Å². The third kappa shape index (κ3) is 3.49. The standard InChI is InChI=1S/C18H23FN2/c1-12-11-15(19)9-10-16(12)17(21-20)13-5-7-14(8-6-13)18(2,3)4/h5-11,17,21H,20H2,1-4H3. The Bertz CT molecular complexity index is 612. The van der Waals surface area contributed by atoms with Crippen molar-refractivity contribution in [2.24, 2.45) is 5.84 Å². The molecule has 3 N–H and O–H groups in total. The van der Waals surface area contributed by atoms with E-state index in [0.29, 0.717) is 0 Å². The van der Waals surface area contributed by atoms with Crippen LogP contribution in [-0.4, -0.2) is 0 Å². The number of benzene rings is 2. The third-order valence-electron chi connectivity index (χ3n) is 3.82. The van der Waals surface area contributed by atoms with Crippen LogP contribution in [0.4, 0.5) is 4.39 Å². The molecule has 0 radical (unpaired) electrons. The molecule has 0 fully saturated rings. The Kier molecular flexibility index (Phi) is 4.45. The van der Waals surface area contributed by atoms with Crippen molar-refractivity contribution in [2.45, 2.75) is 39.2 Å². The first kappa shape index (κ1) is 15.7. The van der Waals surface area contributed by atoms with Crippen molar-refractivity contribution >= 4 is 0 Å². The number of nitrogens with two attached hydrogens (primary N) is 1. The molecule has 2 nitrogen and oxygen atoms in total. The Morgan fingerprint density at radius 1 is 1.05 bits per heavy atom. The summed E-state index contributed by atoms with van der Waals surface area (Å²) in [5, 5.41) is 0. The Hall–Kier alpha value is -1.71. The van der Waals surface area contributed by atoms with Gasteiger partial charge in [0.15, 0.2) is 0 Å². The SMILES string of the molecule is Cc1cc(F)ccc1C(NN)c1ccc(C(C)(C)C)cc1. The highest BCUT2D eigenvalue weighted by atomic mass is 19.1. The Balaban J connectivity index is 2.37. The van der Waals surface area contributed by atoms with Crippen molar-refractivity contribution in [1.82, 2.24) is 5.43 Å². The van der Waals surface area contributed by atoms with Crippen LogP contribution in [0.5, 0.6) is 0 Å². The molecule has 0 spiro atoms. The highest BCUT2D eigenvalue weighted by Crippen LogP contribution is 2.28. The summed E-state index contributed by atoms with van der Waals surface area (Å²) in [6.45, 7) is 8.45. The average Bonchev–Trinajstić information content (AvgIpc) is 2.41. The molecule has 3 heteroatoms. The van der Waals surface area contributed by atoms with E-state index in [0.717, 1.165) is 16.7 Å². The van der Waals surface area contributed by atoms with Crippen LogP contribution in [0.2, 0.25) is 0 Å². The van der Waals surface area contributed by atoms with E-state index in [-0.39, 0.29) is 17.3 Å². The smallest absolute Gasteiger partial charge is 0.123 e. The quantitative estimate of drug-likeness (QED) is 0.661. The van der Waals surface area contributed by atoms with E-state index in [1.165, 1.54) is 17.7 Å². The van der Waals surface area contributed by atoms with Crippen LogP contribution >= 0.6 is 0 Å². The lowest BCUT2D eigenvalue weighted by atomic mass is 9.85. The second kappa shape index (κ2) is 5.96. The van der Waals surface area contributed by atoms with Gasteiger partial charge in [-0.1, -0.05) is 51.1 Å². The molecular weight excluding hydrogens is 263 g/mol. The normalized spacial score (nSPS) is 13.2. The maximum absolute atomic E-state index is 13.2. The number of aryl methyl sites for hydroxylation is 1. The molecule has 2 aromatic rings. The Morgan fingerprint density at radius 2 is 1.67 bits per heavy atom. The molecule has 0 aliphatic heterocycles. The number of hydrazine groups is 1. The summed E-state index contributed by atoms with van der Waals surface area (Å²) in [4.78, 5) is 0. The van der Waals surface area contributed by atoms with E-state index >= 15 is 0 Å². The van der Waals surface area contributed by atoms with Crippen LogP contribution in [0.25, 0.3) is 0 Å². The lowest BCUT2D eigenvalue weighted by Gasteiger charge is -2.22. The van der Waals surface area contributed by atoms with E-state index in [9.17, 15) is 4.39 Å². The number of halogens is 1. The first-order chi connectivity index (χ1) is 9.82. The highest BCUT2D eigenvalue weighted by Gasteiger charge is 2.17. The predicted molar refractivity (Wildman–Crippen MR) is 85.4 cm³/mol. The van der Waals surface area contributed by atoms with Crippen LogP contribution in [0.15, 0.2) is 42.5 Å². The van der Waals surface area contributed by atoms with Crippen molar-refractivity contribution in [1.29, 1.82) is 0 Å². The molecule has 2 aromatic carbocycles. The topological polar surface area (TPSA) is 38.0 Å². The fourth-order valence-corrected chi connectivity index (χ4v) is 2.50. The van der Waals surface area contributed by atoms with Gasteiger partial charge < -0.3 is 0 Å². The summed E-state index contributed by atoms with van der Waals surface area (Å²) in [5.74, 6) is 5.50. The Morgan fingerprint density at radius 3 is 2.14 bits per heavy atom. The minimum Gasteiger partial charge on any atom is -0.271 e. The molecule has 0 bridgehead atoms. The van der Waals surface area contributed by atoms with Crippen LogP contribution in [0, 0.1) is 12.7 Å². The van der Waals surface area contributed by atoms with Gasteiger partial charge in [0.05, 0.1) is 6.04 Å². The monoisotopic (exact) mass is 286 g/mol. The van der Waals surface area contributed by atoms with E-state index in [2.05, 4.69) is 50.5 Å². The van der Waals surface area contributed by atoms with E-state index < -0.39 is 0 Å². The zero-order valence-corrected chi connectivity index (χ0v) is 13.1. The van der Waals surface area contributed by atoms with Crippen molar-refractivity contribution in [3.8, 4) is 0 Å². The molecule has 112 valence electrons. The zero-order valence-electron chi connectivity index (χ0n) is 13.1. The summed E-state index contributed by atoms with van der Waals surface area (Å²) >= 11 is 0. The van der Waals surface area contributed by atoms with Gasteiger partial charge in [-0.15, -0.1) is 0 Å². The van der Waals surface area contributed by atoms with Gasteiger partial charge in [0.1, 0.15) is 5.82 Å². The lowest BCUT2D eigenvalue weighted by Crippen LogP contribution is -2.29. The maximum Gasteiger partial charge on any atom is 0.123 e. The summed E-state index contributed by atoms with van der Waals surface area (Å²) in [5.41, 5.74) is 7.17. The number of nitrogens with one attached hydrogen (secondary N) is 1. The molecular formula is C18H23FN2. The zero-order chi connectivity index (χ0) is 15.6. The number of hydrogen-bond acceptors (Lipinski definition) is 2. The van der Waals surface area contributed by atoms with Crippen LogP contribution in [0.1, 0.15) is 49.1 Å². The molecule has 0 aliphatic carbocycles. The molecule has 1 atom stereocenters. The Labute approximate surface area is 126 Å². The van der Waals surface area contributed by atoms with Crippen molar-refractivity contribution in [3.05, 3.63) is 70.5 Å². The molecule has 0 saturated carbocycles. The molecule has 1 unspecified atom stereocenters. The largest absolute Gasteiger partial charge is 0.271 e. The van der Waals surface area contributed by atoms with Gasteiger partial charge in [0.2, 0.25) is 0 Å². The molecule has 0 heterocycles. The summed E-state index contributed by atoms with van der Waals surface area (Å²) < 4.78 is 13.2. The van der Waals surface area contributed by atoms with Crippen LogP contribution < -0.4 is 11.3 Å². The second-order valence-electron chi connectivity index (χ2n) is 6.47. The van der Waals surface area contributed by atoms with Crippen molar-refractivity contribution in [3.63, 3.8) is 0 Å². The van der Waals surface area contributed by atoms with Crippen molar-refractivity contribution < 1.29 is 4.39 Å². The predicted octanol–water partition coefficient (Wildman–Crippen LogP) is 3.98. The van der Waals surface area contributed by atoms with Crippen LogP contribution in [0.3, 0.4) is 0 Å². The van der Waals surface area contributed by atoms with E-state index in [1.54, 1.807) is 6.07 Å². The summed E-state index contributed by atoms with van der Waals surface area (Å²) in [6, 6.07) is 13.0. The summed E-state index contributed by atoms with van der Waals surface area (Å²) in [6.07, 6.45) is 0. The molecule has 0 amide bonds. The average molecular weight is 286 g/mol. The van der Waals surface area contributed by atoms with Gasteiger partial charge in [-0.05, 0) is 46.7 Å². The fraction of sp³-hybridized carbons (Fsp3) is 0.333. The lowest BCUT2D eigenvalue weighted by molar-refractivity contribution is 0.587. The van der Waals surface area contributed by atoms with Crippen molar-refractivity contribution in [2.75, 3.05) is 0 Å². The fourth-order valence-electron chi connectivity index (χ4n) is 2.50. The second-order valence-corrected chi connectivity index (χ2v) is 6.47. The molecule has 0 saturated heterocycles. The first-order valence-corrected chi connectivity index (χ1v) is 7.15. The first-order valence-electron chi connectivity index (χ1n) is 7.15. The van der Waals surface area contributed by atoms with Gasteiger partial charge in [0.25, 0.3) is 0 Å². The van der Waals surface area contributed by atoms with Gasteiger partial charge in [0, 0.05) is 0 Å². The van der Waals surface area contributed by atoms with Gasteiger partial charge in [-0.25, -0.2) is 9.82 Å². The third-order valence-corrected chi connectivity index (χ3v) is 3.82. The van der Waals surface area contributed by atoms with Gasteiger partial charge in [-0.3, -0.25) is 5.84 Å². The minimum absolute atomic E-state index is 0.121. The maximum atomic E-state index is 13.2. The molecule has 21 heavy (non-hydrogen) atoms. The van der Waals surface area contributed by atoms with Crippen LogP contribution in [-0.2, 0) is 5.41 Å². The van der Waals surface area contributed by atoms with Gasteiger partial charge >= 0.3 is 0 Å². The number of rotatable bonds is 3. The highest BCUT2D eigenvalue weighted by molar-refractivity contribution is 5.38. The summed E-state index contributed by atoms with van der Waals surface area (Å²) in [7, 11) is 0. The minimum atomic E-state index is -0.227. The van der Waals surface area contributed by atoms with E-state index in [4.69, 9.17) is 5.84 Å².